The van der Waals surface area contributed by atoms with Gasteiger partial charge in [-0.3, -0.25) is 0 Å². The summed E-state index contributed by atoms with van der Waals surface area (Å²) in [7, 11) is 0. The van der Waals surface area contributed by atoms with E-state index in [4.69, 9.17) is 0 Å². The summed E-state index contributed by atoms with van der Waals surface area (Å²) in [5.74, 6) is 0.743. The van der Waals surface area contributed by atoms with E-state index in [1.807, 2.05) is 18.7 Å². The number of benzene rings is 2. The van der Waals surface area contributed by atoms with Gasteiger partial charge in [0.05, 0.1) is 4.08 Å². The molecule has 0 unspecified atom stereocenters. The Morgan fingerprint density at radius 1 is 0.618 bits per heavy atom. The number of phenols is 2. The zero-order chi connectivity index (χ0) is 26.4. The van der Waals surface area contributed by atoms with Crippen LogP contribution >= 0.6 is 23.5 Å². The van der Waals surface area contributed by atoms with Gasteiger partial charge in [0, 0.05) is 32.0 Å². The normalized spacial score (nSPS) is 13.3. The predicted octanol–water partition coefficient (Wildman–Crippen LogP) is 9.64. The molecule has 0 radical (unpaired) electrons. The van der Waals surface area contributed by atoms with Gasteiger partial charge >= 0.3 is 0 Å². The summed E-state index contributed by atoms with van der Waals surface area (Å²) >= 11 is 3.60. The minimum atomic E-state index is -0.181. The van der Waals surface area contributed by atoms with E-state index < -0.39 is 0 Å². The maximum atomic E-state index is 11.1. The number of rotatable bonds is 5. The maximum Gasteiger partial charge on any atom is 0.126 e. The Kier molecular flexibility index (Phi) is 8.02. The van der Waals surface area contributed by atoms with Crippen LogP contribution in [0.25, 0.3) is 5.57 Å². The highest BCUT2D eigenvalue weighted by atomic mass is 32.2. The summed E-state index contributed by atoms with van der Waals surface area (Å²) in [5.41, 5.74) is 4.07. The lowest BCUT2D eigenvalue weighted by atomic mass is 9.79. The van der Waals surface area contributed by atoms with Crippen LogP contribution in [0.3, 0.4) is 0 Å². The lowest BCUT2D eigenvalue weighted by molar-refractivity contribution is 0.422. The van der Waals surface area contributed by atoms with Crippen LogP contribution in [0.5, 0.6) is 11.5 Å². The van der Waals surface area contributed by atoms with Gasteiger partial charge in [-0.25, -0.2) is 0 Å². The molecular formula is C30H44O2S2. The molecule has 0 fully saturated rings. The first-order valence-electron chi connectivity index (χ1n) is 11.9. The van der Waals surface area contributed by atoms with Crippen LogP contribution in [0.1, 0.15) is 105 Å². The molecule has 2 nitrogen and oxygen atoms in total. The number of hydrogen-bond donors (Lipinski definition) is 2. The van der Waals surface area contributed by atoms with Gasteiger partial charge in [-0.2, -0.15) is 0 Å². The molecule has 34 heavy (non-hydrogen) atoms. The second kappa shape index (κ2) is 9.50. The van der Waals surface area contributed by atoms with E-state index in [1.54, 1.807) is 11.8 Å². The van der Waals surface area contributed by atoms with Crippen molar-refractivity contribution in [2.45, 2.75) is 113 Å². The van der Waals surface area contributed by atoms with Gasteiger partial charge in [0.15, 0.2) is 0 Å². The number of thioether (sulfide) groups is 2. The fourth-order valence-corrected chi connectivity index (χ4v) is 6.55. The third kappa shape index (κ3) is 6.79. The SMILES string of the molecule is C=C(C)c1cc(SC(C)(C)Sc2cc(C(C)(C)C)c(O)c(C(C)(C)C)c2)cc(C(C)(C)C)c1O. The zero-order valence-electron chi connectivity index (χ0n) is 23.2. The molecule has 2 aromatic rings. The third-order valence-corrected chi connectivity index (χ3v) is 8.20. The molecule has 188 valence electrons. The molecule has 2 aromatic carbocycles. The molecule has 0 heterocycles. The zero-order valence-corrected chi connectivity index (χ0v) is 24.9. The molecule has 0 atom stereocenters. The minimum absolute atomic E-state index is 0.160. The molecule has 2 N–H and O–H groups in total. The van der Waals surface area contributed by atoms with Crippen LogP contribution in [-0.2, 0) is 16.2 Å². The molecule has 0 aromatic heterocycles. The molecule has 0 aliphatic carbocycles. The Morgan fingerprint density at radius 2 is 0.941 bits per heavy atom. The highest BCUT2D eigenvalue weighted by molar-refractivity contribution is 8.18. The van der Waals surface area contributed by atoms with Crippen molar-refractivity contribution in [3.63, 3.8) is 0 Å². The summed E-state index contributed by atoms with van der Waals surface area (Å²) in [5, 5.41) is 22.0. The Morgan fingerprint density at radius 3 is 1.26 bits per heavy atom. The Balaban J connectivity index is 2.54. The van der Waals surface area contributed by atoms with E-state index in [-0.39, 0.29) is 20.3 Å². The van der Waals surface area contributed by atoms with Gasteiger partial charge in [-0.05, 0) is 66.9 Å². The Bertz CT molecular complexity index is 1040. The molecule has 0 saturated carbocycles. The van der Waals surface area contributed by atoms with Crippen molar-refractivity contribution >= 4 is 29.1 Å². The quantitative estimate of drug-likeness (QED) is 0.317. The van der Waals surface area contributed by atoms with E-state index in [9.17, 15) is 10.2 Å². The molecule has 2 rings (SSSR count). The molecule has 0 amide bonds. The summed E-state index contributed by atoms with van der Waals surface area (Å²) in [6.07, 6.45) is 0. The monoisotopic (exact) mass is 500 g/mol. The topological polar surface area (TPSA) is 40.5 Å². The maximum absolute atomic E-state index is 11.1. The summed E-state index contributed by atoms with van der Waals surface area (Å²) < 4.78 is -0.181. The Hall–Kier alpha value is -1.52. The first-order chi connectivity index (χ1) is 15.1. The lowest BCUT2D eigenvalue weighted by Gasteiger charge is -2.30. The van der Waals surface area contributed by atoms with Crippen molar-refractivity contribution in [3.8, 4) is 11.5 Å². The highest BCUT2D eigenvalue weighted by Crippen LogP contribution is 2.50. The van der Waals surface area contributed by atoms with Crippen molar-refractivity contribution < 1.29 is 10.2 Å². The largest absolute Gasteiger partial charge is 0.507 e. The molecular weight excluding hydrogens is 456 g/mol. The van der Waals surface area contributed by atoms with Crippen LogP contribution in [0.15, 0.2) is 40.6 Å². The first-order valence-corrected chi connectivity index (χ1v) is 13.6. The van der Waals surface area contributed by atoms with Gasteiger partial charge in [0.2, 0.25) is 0 Å². The smallest absolute Gasteiger partial charge is 0.126 e. The molecule has 0 saturated heterocycles. The summed E-state index contributed by atoms with van der Waals surface area (Å²) in [6.45, 7) is 29.7. The van der Waals surface area contributed by atoms with Crippen LogP contribution < -0.4 is 0 Å². The lowest BCUT2D eigenvalue weighted by Crippen LogP contribution is -2.18. The van der Waals surface area contributed by atoms with Gasteiger partial charge in [0.1, 0.15) is 11.5 Å². The summed E-state index contributed by atoms with van der Waals surface area (Å²) in [4.78, 5) is 2.27. The van der Waals surface area contributed by atoms with E-state index in [0.29, 0.717) is 11.5 Å². The Labute approximate surface area is 216 Å². The van der Waals surface area contributed by atoms with Crippen molar-refractivity contribution in [1.29, 1.82) is 0 Å². The fourth-order valence-electron chi connectivity index (χ4n) is 3.96. The molecule has 4 heteroatoms. The minimum Gasteiger partial charge on any atom is -0.507 e. The molecule has 0 aliphatic heterocycles. The van der Waals surface area contributed by atoms with Gasteiger partial charge in [0.25, 0.3) is 0 Å². The van der Waals surface area contributed by atoms with E-state index in [2.05, 4.69) is 107 Å². The van der Waals surface area contributed by atoms with Crippen molar-refractivity contribution in [1.82, 2.24) is 0 Å². The standard InChI is InChI=1S/C30H44O2S2/c1-18(2)21-14-19(15-22(25(21)31)27(3,4)5)33-30(12,13)34-20-16-23(28(6,7)8)26(32)24(17-20)29(9,10)11/h14-17,31-32H,1H2,2-13H3. The van der Waals surface area contributed by atoms with Gasteiger partial charge in [-0.1, -0.05) is 68.9 Å². The predicted molar refractivity (Wildman–Crippen MR) is 153 cm³/mol. The second-order valence-corrected chi connectivity index (χ2v) is 16.5. The van der Waals surface area contributed by atoms with E-state index >= 15 is 0 Å². The molecule has 0 spiro atoms. The number of hydrogen-bond acceptors (Lipinski definition) is 4. The van der Waals surface area contributed by atoms with Crippen molar-refractivity contribution in [3.05, 3.63) is 53.1 Å². The number of aromatic hydroxyl groups is 2. The first kappa shape index (κ1) is 28.7. The van der Waals surface area contributed by atoms with Crippen LogP contribution in [-0.4, -0.2) is 14.3 Å². The fraction of sp³-hybridized carbons (Fsp3) is 0.533. The van der Waals surface area contributed by atoms with Gasteiger partial charge < -0.3 is 10.2 Å². The molecule has 0 bridgehead atoms. The van der Waals surface area contributed by atoms with E-state index in [0.717, 1.165) is 37.6 Å². The van der Waals surface area contributed by atoms with Gasteiger partial charge in [-0.15, -0.1) is 23.5 Å². The average Bonchev–Trinajstić information content (AvgIpc) is 2.60. The van der Waals surface area contributed by atoms with Crippen molar-refractivity contribution in [2.24, 2.45) is 0 Å². The van der Waals surface area contributed by atoms with Crippen LogP contribution in [0, 0.1) is 0 Å². The number of allylic oxidation sites excluding steroid dienone is 1. The highest BCUT2D eigenvalue weighted by Gasteiger charge is 2.30. The second-order valence-electron chi connectivity index (χ2n) is 12.9. The number of phenolic OH excluding ortho intramolecular Hbond substituents is 2. The molecule has 0 aliphatic rings. The van der Waals surface area contributed by atoms with Crippen LogP contribution in [0.2, 0.25) is 0 Å². The van der Waals surface area contributed by atoms with Crippen molar-refractivity contribution in [2.75, 3.05) is 0 Å². The van der Waals surface area contributed by atoms with Crippen LogP contribution in [0.4, 0.5) is 0 Å². The van der Waals surface area contributed by atoms with E-state index in [1.165, 1.54) is 0 Å². The summed E-state index contributed by atoms with van der Waals surface area (Å²) in [6, 6.07) is 8.47. The average molecular weight is 501 g/mol. The third-order valence-electron chi connectivity index (χ3n) is 5.78.